The van der Waals surface area contributed by atoms with Gasteiger partial charge in [-0.05, 0) is 44.9 Å². The highest BCUT2D eigenvalue weighted by Crippen LogP contribution is 2.30. The Balaban J connectivity index is 2.10. The van der Waals surface area contributed by atoms with Gasteiger partial charge in [0.1, 0.15) is 5.75 Å². The Morgan fingerprint density at radius 1 is 1.48 bits per heavy atom. The number of carbonyl (C=O) groups is 1. The van der Waals surface area contributed by atoms with Gasteiger partial charge in [-0.3, -0.25) is 4.79 Å². The summed E-state index contributed by atoms with van der Waals surface area (Å²) >= 11 is 6.14. The largest absolute Gasteiger partial charge is 0.476 e. The van der Waals surface area contributed by atoms with E-state index in [1.54, 1.807) is 30.9 Å². The number of carbonyl (C=O) groups excluding carboxylic acids is 1. The number of piperidine rings is 1. The standard InChI is InChI=1S/C17H24ClNO4/c1-11-4-5-13(18)15(8-11)23-17(2,3)16(22)19-7-6-12(10-20)14(21)9-19/h4-5,8,12,14,20-21H,6-7,9-10H2,1-3H3/t12-,14+/m1/s1. The number of hydrogen-bond acceptors (Lipinski definition) is 4. The monoisotopic (exact) mass is 341 g/mol. The average molecular weight is 342 g/mol. The number of halogens is 1. The molecule has 1 fully saturated rings. The minimum atomic E-state index is -1.09. The van der Waals surface area contributed by atoms with Gasteiger partial charge in [0.15, 0.2) is 5.60 Å². The van der Waals surface area contributed by atoms with Crippen molar-refractivity contribution in [1.29, 1.82) is 0 Å². The summed E-state index contributed by atoms with van der Waals surface area (Å²) in [5.41, 5.74) is -0.102. The van der Waals surface area contributed by atoms with Crippen LogP contribution in [-0.4, -0.2) is 52.4 Å². The molecule has 1 heterocycles. The molecule has 1 aromatic carbocycles. The van der Waals surface area contributed by atoms with Gasteiger partial charge >= 0.3 is 0 Å². The van der Waals surface area contributed by atoms with Gasteiger partial charge in [0.2, 0.25) is 0 Å². The van der Waals surface area contributed by atoms with Gasteiger partial charge in [-0.2, -0.15) is 0 Å². The molecule has 1 saturated heterocycles. The Kier molecular flexibility index (Phi) is 5.55. The maximum Gasteiger partial charge on any atom is 0.266 e. The van der Waals surface area contributed by atoms with E-state index in [-0.39, 0.29) is 25.0 Å². The van der Waals surface area contributed by atoms with Crippen molar-refractivity contribution in [3.63, 3.8) is 0 Å². The fourth-order valence-corrected chi connectivity index (χ4v) is 2.92. The van der Waals surface area contributed by atoms with E-state index >= 15 is 0 Å². The molecule has 0 spiro atoms. The lowest BCUT2D eigenvalue weighted by Gasteiger charge is -2.39. The van der Waals surface area contributed by atoms with Crippen LogP contribution in [0.5, 0.6) is 5.75 Å². The maximum absolute atomic E-state index is 12.7. The summed E-state index contributed by atoms with van der Waals surface area (Å²) in [4.78, 5) is 14.3. The molecule has 1 aliphatic heterocycles. The molecule has 5 nitrogen and oxygen atoms in total. The third-order valence-electron chi connectivity index (χ3n) is 4.21. The molecule has 128 valence electrons. The van der Waals surface area contributed by atoms with Crippen molar-refractivity contribution in [3.8, 4) is 5.75 Å². The van der Waals surface area contributed by atoms with Crippen molar-refractivity contribution in [2.24, 2.45) is 5.92 Å². The van der Waals surface area contributed by atoms with Crippen LogP contribution in [0, 0.1) is 12.8 Å². The zero-order valence-electron chi connectivity index (χ0n) is 13.8. The first-order valence-electron chi connectivity index (χ1n) is 7.78. The van der Waals surface area contributed by atoms with Crippen molar-refractivity contribution < 1.29 is 19.7 Å². The number of rotatable bonds is 4. The first kappa shape index (κ1) is 18.0. The molecular weight excluding hydrogens is 318 g/mol. The second-order valence-electron chi connectivity index (χ2n) is 6.60. The average Bonchev–Trinajstić information content (AvgIpc) is 2.49. The third kappa shape index (κ3) is 4.16. The summed E-state index contributed by atoms with van der Waals surface area (Å²) in [7, 11) is 0. The topological polar surface area (TPSA) is 70.0 Å². The van der Waals surface area contributed by atoms with E-state index in [4.69, 9.17) is 16.3 Å². The molecule has 0 unspecified atom stereocenters. The number of aliphatic hydroxyl groups is 2. The lowest BCUT2D eigenvalue weighted by atomic mass is 9.93. The van der Waals surface area contributed by atoms with E-state index in [0.717, 1.165) is 5.56 Å². The van der Waals surface area contributed by atoms with Gasteiger partial charge in [0.25, 0.3) is 5.91 Å². The van der Waals surface area contributed by atoms with E-state index in [2.05, 4.69) is 0 Å². The summed E-state index contributed by atoms with van der Waals surface area (Å²) in [6.45, 7) is 5.95. The quantitative estimate of drug-likeness (QED) is 0.879. The predicted molar refractivity (Wildman–Crippen MR) is 88.7 cm³/mol. The zero-order chi connectivity index (χ0) is 17.2. The van der Waals surface area contributed by atoms with Crippen LogP contribution in [0.1, 0.15) is 25.8 Å². The number of aliphatic hydroxyl groups excluding tert-OH is 2. The Morgan fingerprint density at radius 2 is 2.17 bits per heavy atom. The van der Waals surface area contributed by atoms with Crippen LogP contribution in [0.25, 0.3) is 0 Å². The summed E-state index contributed by atoms with van der Waals surface area (Å²) < 4.78 is 5.86. The molecule has 2 atom stereocenters. The van der Waals surface area contributed by atoms with Gasteiger partial charge in [-0.25, -0.2) is 0 Å². The number of likely N-dealkylation sites (tertiary alicyclic amines) is 1. The number of benzene rings is 1. The third-order valence-corrected chi connectivity index (χ3v) is 4.52. The highest BCUT2D eigenvalue weighted by Gasteiger charge is 2.38. The fraction of sp³-hybridized carbons (Fsp3) is 0.588. The second kappa shape index (κ2) is 7.07. The number of amides is 1. The van der Waals surface area contributed by atoms with E-state index in [9.17, 15) is 15.0 Å². The first-order chi connectivity index (χ1) is 10.7. The Morgan fingerprint density at radius 3 is 2.78 bits per heavy atom. The first-order valence-corrected chi connectivity index (χ1v) is 8.16. The van der Waals surface area contributed by atoms with Crippen LogP contribution in [0.3, 0.4) is 0 Å². The molecule has 0 aromatic heterocycles. The molecule has 0 bridgehead atoms. The van der Waals surface area contributed by atoms with Crippen LogP contribution in [-0.2, 0) is 4.79 Å². The van der Waals surface area contributed by atoms with E-state index in [1.807, 2.05) is 13.0 Å². The Hall–Kier alpha value is -1.30. The number of nitrogens with zero attached hydrogens (tertiary/aromatic N) is 1. The summed E-state index contributed by atoms with van der Waals surface area (Å²) in [6, 6.07) is 5.41. The zero-order valence-corrected chi connectivity index (χ0v) is 14.5. The molecule has 2 rings (SSSR count). The smallest absolute Gasteiger partial charge is 0.266 e. The maximum atomic E-state index is 12.7. The fourth-order valence-electron chi connectivity index (χ4n) is 2.77. The normalized spacial score (nSPS) is 22.1. The van der Waals surface area contributed by atoms with E-state index in [1.165, 1.54) is 0 Å². The van der Waals surface area contributed by atoms with Crippen LogP contribution >= 0.6 is 11.6 Å². The Labute approximate surface area is 141 Å². The molecule has 0 radical (unpaired) electrons. The van der Waals surface area contributed by atoms with Crippen molar-refractivity contribution in [2.45, 2.75) is 38.9 Å². The molecule has 0 aliphatic carbocycles. The molecule has 2 N–H and O–H groups in total. The van der Waals surface area contributed by atoms with Crippen LogP contribution in [0.15, 0.2) is 18.2 Å². The van der Waals surface area contributed by atoms with Crippen molar-refractivity contribution >= 4 is 17.5 Å². The van der Waals surface area contributed by atoms with Gasteiger partial charge < -0.3 is 19.8 Å². The number of ether oxygens (including phenoxy) is 1. The summed E-state index contributed by atoms with van der Waals surface area (Å²) in [5.74, 6) is 0.0932. The van der Waals surface area contributed by atoms with E-state index < -0.39 is 11.7 Å². The highest BCUT2D eigenvalue weighted by atomic mass is 35.5. The molecule has 6 heteroatoms. The van der Waals surface area contributed by atoms with Crippen LogP contribution in [0.2, 0.25) is 5.02 Å². The number of β-amino-alcohol motifs (C(OH)–C–C–N with tert-alkyl or cyclic N) is 1. The number of hydrogen-bond donors (Lipinski definition) is 2. The van der Waals surface area contributed by atoms with Crippen LogP contribution in [0.4, 0.5) is 0 Å². The van der Waals surface area contributed by atoms with Crippen molar-refractivity contribution in [1.82, 2.24) is 4.90 Å². The van der Waals surface area contributed by atoms with Gasteiger partial charge in [0.05, 0.1) is 11.1 Å². The Bertz CT molecular complexity index is 576. The van der Waals surface area contributed by atoms with Gasteiger partial charge in [-0.1, -0.05) is 17.7 Å². The van der Waals surface area contributed by atoms with Gasteiger partial charge in [-0.15, -0.1) is 0 Å². The molecule has 1 aliphatic rings. The van der Waals surface area contributed by atoms with E-state index in [0.29, 0.717) is 23.7 Å². The molecule has 1 amide bonds. The predicted octanol–water partition coefficient (Wildman–Crippen LogP) is 2.01. The second-order valence-corrected chi connectivity index (χ2v) is 7.00. The van der Waals surface area contributed by atoms with Crippen molar-refractivity contribution in [2.75, 3.05) is 19.7 Å². The van der Waals surface area contributed by atoms with Crippen molar-refractivity contribution in [3.05, 3.63) is 28.8 Å². The SMILES string of the molecule is Cc1ccc(Cl)c(OC(C)(C)C(=O)N2CC[C@H](CO)[C@@H](O)C2)c1. The summed E-state index contributed by atoms with van der Waals surface area (Å²) in [6.07, 6.45) is -0.138. The molecule has 0 saturated carbocycles. The molecular formula is C17H24ClNO4. The van der Waals surface area contributed by atoms with Gasteiger partial charge in [0, 0.05) is 25.6 Å². The molecule has 23 heavy (non-hydrogen) atoms. The minimum absolute atomic E-state index is 0.0675. The lowest BCUT2D eigenvalue weighted by molar-refractivity contribution is -0.150. The number of aryl methyl sites for hydroxylation is 1. The lowest BCUT2D eigenvalue weighted by Crippen LogP contribution is -2.55. The summed E-state index contributed by atoms with van der Waals surface area (Å²) in [5, 5.41) is 19.7. The molecule has 1 aromatic rings. The van der Waals surface area contributed by atoms with Crippen LogP contribution < -0.4 is 4.74 Å². The minimum Gasteiger partial charge on any atom is -0.476 e. The highest BCUT2D eigenvalue weighted by molar-refractivity contribution is 6.32.